The second-order valence-electron chi connectivity index (χ2n) is 7.81. The van der Waals surface area contributed by atoms with Crippen molar-refractivity contribution in [1.82, 2.24) is 19.2 Å². The van der Waals surface area contributed by atoms with Crippen molar-refractivity contribution in [3.63, 3.8) is 0 Å². The van der Waals surface area contributed by atoms with Crippen LogP contribution >= 0.6 is 11.3 Å². The van der Waals surface area contributed by atoms with E-state index in [0.29, 0.717) is 10.6 Å². The van der Waals surface area contributed by atoms with Crippen LogP contribution in [0.2, 0.25) is 0 Å². The molecule has 0 amide bonds. The molecule has 0 saturated heterocycles. The number of ether oxygens (including phenoxy) is 2. The van der Waals surface area contributed by atoms with Crippen LogP contribution in [0, 0.1) is 0 Å². The Bertz CT molecular complexity index is 1550. The molecule has 180 valence electrons. The van der Waals surface area contributed by atoms with Gasteiger partial charge in [-0.05, 0) is 48.9 Å². The van der Waals surface area contributed by atoms with Crippen molar-refractivity contribution in [1.29, 1.82) is 0 Å². The maximum absolute atomic E-state index is 5.68. The molecule has 0 fully saturated rings. The number of benzene rings is 2. The second-order valence-corrected chi connectivity index (χ2v) is 8.64. The Morgan fingerprint density at radius 2 is 1.83 bits per heavy atom. The summed E-state index contributed by atoms with van der Waals surface area (Å²) in [5, 5.41) is 7.02. The molecule has 3 aromatic heterocycles. The molecule has 0 spiro atoms. The maximum Gasteiger partial charge on any atom is 0.211 e. The number of methoxy groups -OCH3 is 2. The molecule has 0 aliphatic rings. The van der Waals surface area contributed by atoms with Gasteiger partial charge in [0.2, 0.25) is 4.80 Å². The molecular formula is C27H24N6O2S. The Kier molecular flexibility index (Phi) is 6.72. The van der Waals surface area contributed by atoms with Gasteiger partial charge in [0.15, 0.2) is 0 Å². The molecular weight excluding hydrogens is 472 g/mol. The predicted molar refractivity (Wildman–Crippen MR) is 141 cm³/mol. The Morgan fingerprint density at radius 3 is 2.53 bits per heavy atom. The van der Waals surface area contributed by atoms with E-state index in [4.69, 9.17) is 19.6 Å². The number of rotatable bonds is 7. The summed E-state index contributed by atoms with van der Waals surface area (Å²) in [6.07, 6.45) is 8.90. The van der Waals surface area contributed by atoms with Crippen LogP contribution in [0.5, 0.6) is 11.5 Å². The second kappa shape index (κ2) is 10.4. The average Bonchev–Trinajstić information content (AvgIpc) is 3.60. The van der Waals surface area contributed by atoms with E-state index < -0.39 is 0 Å². The quantitative estimate of drug-likeness (QED) is 0.286. The van der Waals surface area contributed by atoms with Gasteiger partial charge in [0.25, 0.3) is 0 Å². The lowest BCUT2D eigenvalue weighted by Gasteiger charge is -2.12. The molecule has 5 rings (SSSR count). The van der Waals surface area contributed by atoms with Crippen molar-refractivity contribution in [2.75, 3.05) is 14.2 Å². The van der Waals surface area contributed by atoms with Gasteiger partial charge in [0.1, 0.15) is 11.5 Å². The third kappa shape index (κ3) is 4.82. The summed E-state index contributed by atoms with van der Waals surface area (Å²) in [5.74, 6) is 1.40. The molecule has 9 heteroatoms. The van der Waals surface area contributed by atoms with Crippen molar-refractivity contribution in [3.05, 3.63) is 101 Å². The van der Waals surface area contributed by atoms with Crippen LogP contribution in [-0.2, 0) is 0 Å². The molecule has 0 bridgehead atoms. The van der Waals surface area contributed by atoms with Crippen LogP contribution in [0.25, 0.3) is 16.9 Å². The van der Waals surface area contributed by atoms with E-state index in [-0.39, 0.29) is 0 Å². The number of imidazole rings is 1. The lowest BCUT2D eigenvalue weighted by molar-refractivity contribution is 0.395. The van der Waals surface area contributed by atoms with E-state index in [2.05, 4.69) is 9.97 Å². The molecule has 5 aromatic rings. The minimum atomic E-state index is 0.686. The highest BCUT2D eigenvalue weighted by molar-refractivity contribution is 7.07. The van der Waals surface area contributed by atoms with Gasteiger partial charge in [0.05, 0.1) is 43.8 Å². The van der Waals surface area contributed by atoms with Crippen molar-refractivity contribution >= 4 is 22.7 Å². The van der Waals surface area contributed by atoms with E-state index in [1.165, 1.54) is 11.3 Å². The van der Waals surface area contributed by atoms with E-state index in [1.807, 2.05) is 82.3 Å². The molecule has 0 radical (unpaired) electrons. The SMILES string of the molecule is COc1ccc(-c2csc(=Nc3cccnc3)n2N=C(C)c2ccc(-n3ccnc3)cc2)c(OC)c1. The van der Waals surface area contributed by atoms with Gasteiger partial charge < -0.3 is 14.0 Å². The van der Waals surface area contributed by atoms with E-state index in [0.717, 1.165) is 39.7 Å². The van der Waals surface area contributed by atoms with E-state index in [9.17, 15) is 0 Å². The Labute approximate surface area is 212 Å². The lowest BCUT2D eigenvalue weighted by atomic mass is 10.1. The number of nitrogens with zero attached hydrogens (tertiary/aromatic N) is 6. The third-order valence-corrected chi connectivity index (χ3v) is 6.39. The highest BCUT2D eigenvalue weighted by atomic mass is 32.1. The molecule has 0 N–H and O–H groups in total. The van der Waals surface area contributed by atoms with Crippen molar-refractivity contribution < 1.29 is 9.47 Å². The van der Waals surface area contributed by atoms with E-state index >= 15 is 0 Å². The number of thiazole rings is 1. The summed E-state index contributed by atoms with van der Waals surface area (Å²) in [5.41, 5.74) is 5.36. The van der Waals surface area contributed by atoms with Crippen LogP contribution in [0.15, 0.2) is 101 Å². The zero-order valence-corrected chi connectivity index (χ0v) is 20.9. The summed E-state index contributed by atoms with van der Waals surface area (Å²) in [6.45, 7) is 1.99. The molecule has 0 aliphatic heterocycles. The molecule has 3 heterocycles. The molecule has 0 unspecified atom stereocenters. The van der Waals surface area contributed by atoms with Gasteiger partial charge in [-0.3, -0.25) is 4.98 Å². The van der Waals surface area contributed by atoms with Gasteiger partial charge in [-0.25, -0.2) is 14.7 Å². The maximum atomic E-state index is 5.68. The first-order valence-electron chi connectivity index (χ1n) is 11.2. The van der Waals surface area contributed by atoms with Crippen LogP contribution in [-0.4, -0.2) is 39.1 Å². The zero-order valence-electron chi connectivity index (χ0n) is 20.1. The Hall–Kier alpha value is -4.50. The van der Waals surface area contributed by atoms with Crippen LogP contribution in [0.3, 0.4) is 0 Å². The largest absolute Gasteiger partial charge is 0.497 e. The lowest BCUT2D eigenvalue weighted by Crippen LogP contribution is -2.14. The van der Waals surface area contributed by atoms with Crippen LogP contribution in [0.4, 0.5) is 5.69 Å². The molecule has 0 saturated carbocycles. The third-order valence-electron chi connectivity index (χ3n) is 5.58. The summed E-state index contributed by atoms with van der Waals surface area (Å²) in [7, 11) is 3.28. The normalized spacial score (nSPS) is 12.1. The fraction of sp³-hybridized carbons (Fsp3) is 0.111. The molecule has 8 nitrogen and oxygen atoms in total. The van der Waals surface area contributed by atoms with Crippen LogP contribution < -0.4 is 14.3 Å². The highest BCUT2D eigenvalue weighted by Crippen LogP contribution is 2.33. The summed E-state index contributed by atoms with van der Waals surface area (Å²) in [4.78, 5) is 13.8. The monoisotopic (exact) mass is 496 g/mol. The van der Waals surface area contributed by atoms with E-state index in [1.54, 1.807) is 39.1 Å². The zero-order chi connectivity index (χ0) is 24.9. The van der Waals surface area contributed by atoms with Gasteiger partial charge in [0, 0.05) is 41.3 Å². The van der Waals surface area contributed by atoms with Gasteiger partial charge in [-0.15, -0.1) is 11.3 Å². The molecule has 0 aliphatic carbocycles. The minimum Gasteiger partial charge on any atom is -0.497 e. The number of pyridine rings is 1. The van der Waals surface area contributed by atoms with Gasteiger partial charge in [-0.2, -0.15) is 5.10 Å². The fourth-order valence-electron chi connectivity index (χ4n) is 3.69. The van der Waals surface area contributed by atoms with Crippen molar-refractivity contribution in [2.45, 2.75) is 6.92 Å². The summed E-state index contributed by atoms with van der Waals surface area (Å²) < 4.78 is 14.9. The average molecular weight is 497 g/mol. The number of hydrogen-bond acceptors (Lipinski definition) is 7. The number of aromatic nitrogens is 4. The van der Waals surface area contributed by atoms with Crippen LogP contribution in [0.1, 0.15) is 12.5 Å². The Morgan fingerprint density at radius 1 is 0.972 bits per heavy atom. The van der Waals surface area contributed by atoms with Gasteiger partial charge >= 0.3 is 0 Å². The van der Waals surface area contributed by atoms with Crippen molar-refractivity contribution in [2.24, 2.45) is 10.1 Å². The molecule has 36 heavy (non-hydrogen) atoms. The minimum absolute atomic E-state index is 0.686. The predicted octanol–water partition coefficient (Wildman–Crippen LogP) is 5.32. The highest BCUT2D eigenvalue weighted by Gasteiger charge is 2.15. The standard InChI is InChI=1S/C27H24N6O2S/c1-19(20-6-8-22(9-7-20)32-14-13-29-18-32)31-33-25(24-11-10-23(34-2)15-26(24)35-3)17-36-27(33)30-21-5-4-12-28-16-21/h4-18H,1-3H3. The first kappa shape index (κ1) is 23.3. The smallest absolute Gasteiger partial charge is 0.211 e. The van der Waals surface area contributed by atoms with Gasteiger partial charge in [-0.1, -0.05) is 12.1 Å². The topological polar surface area (TPSA) is 78.8 Å². The van der Waals surface area contributed by atoms with Crippen molar-refractivity contribution in [3.8, 4) is 28.4 Å². The molecule has 0 atom stereocenters. The summed E-state index contributed by atoms with van der Waals surface area (Å²) in [6, 6.07) is 17.7. The number of hydrogen-bond donors (Lipinski definition) is 0. The summed E-state index contributed by atoms with van der Waals surface area (Å²) >= 11 is 1.50. The fourth-order valence-corrected chi connectivity index (χ4v) is 4.54. The first-order chi connectivity index (χ1) is 17.7. The molecule has 2 aromatic carbocycles. The first-order valence-corrected chi connectivity index (χ1v) is 12.1. The Balaban J connectivity index is 1.62.